The van der Waals surface area contributed by atoms with Crippen molar-refractivity contribution in [3.05, 3.63) is 29.8 Å². The van der Waals surface area contributed by atoms with Crippen LogP contribution in [0.2, 0.25) is 0 Å². The van der Waals surface area contributed by atoms with Crippen molar-refractivity contribution < 1.29 is 18.3 Å². The third kappa shape index (κ3) is 8.07. The summed E-state index contributed by atoms with van der Waals surface area (Å²) in [5, 5.41) is 14.3. The maximum absolute atomic E-state index is 12.9. The molecule has 1 aliphatic rings. The van der Waals surface area contributed by atoms with Crippen molar-refractivity contribution in [2.45, 2.75) is 83.7 Å². The van der Waals surface area contributed by atoms with Gasteiger partial charge in [0.2, 0.25) is 0 Å². The lowest BCUT2D eigenvalue weighted by Gasteiger charge is -2.31. The molecule has 2 N–H and O–H groups in total. The molecule has 0 bridgehead atoms. The van der Waals surface area contributed by atoms with Crippen molar-refractivity contribution in [1.29, 1.82) is 0 Å². The van der Waals surface area contributed by atoms with Crippen LogP contribution in [0.5, 0.6) is 0 Å². The third-order valence-electron chi connectivity index (χ3n) is 6.36. The highest BCUT2D eigenvalue weighted by atomic mass is 32.2. The number of sulfone groups is 1. The summed E-state index contributed by atoms with van der Waals surface area (Å²) in [6, 6.07) is 7.40. The smallest absolute Gasteiger partial charge is 0.256 e. The zero-order valence-electron chi connectivity index (χ0n) is 19.9. The molecule has 1 unspecified atom stereocenters. The van der Waals surface area contributed by atoms with E-state index in [0.29, 0.717) is 31.6 Å². The highest BCUT2D eigenvalue weighted by molar-refractivity contribution is 7.91. The van der Waals surface area contributed by atoms with Gasteiger partial charge in [-0.3, -0.25) is 4.79 Å². The predicted octanol–water partition coefficient (Wildman–Crippen LogP) is 4.17. The summed E-state index contributed by atoms with van der Waals surface area (Å²) in [5.74, 6) is -0.00765. The Morgan fingerprint density at radius 3 is 2.06 bits per heavy atom. The first-order valence-electron chi connectivity index (χ1n) is 12.4. The minimum atomic E-state index is -2.93. The molecule has 0 aliphatic carbocycles. The van der Waals surface area contributed by atoms with Crippen LogP contribution in [-0.4, -0.2) is 50.6 Å². The largest absolute Gasteiger partial charge is 0.375 e. The Bertz CT molecular complexity index is 781. The summed E-state index contributed by atoms with van der Waals surface area (Å²) in [5.41, 5.74) is -0.0179. The highest BCUT2D eigenvalue weighted by Crippen LogP contribution is 2.30. The summed E-state index contributed by atoms with van der Waals surface area (Å²) in [6.07, 6.45) is 10.5. The highest BCUT2D eigenvalue weighted by Gasteiger charge is 2.37. The molecule has 32 heavy (non-hydrogen) atoms. The molecule has 6 nitrogen and oxygen atoms in total. The van der Waals surface area contributed by atoms with Gasteiger partial charge in [0.25, 0.3) is 5.91 Å². The number of rotatable bonds is 14. The molecular weight excluding hydrogens is 424 g/mol. The first kappa shape index (κ1) is 26.7. The van der Waals surface area contributed by atoms with E-state index in [1.165, 1.54) is 32.1 Å². The van der Waals surface area contributed by atoms with Gasteiger partial charge in [0.15, 0.2) is 15.4 Å². The number of nitrogens with one attached hydrogen (secondary N) is 1. The standard InChI is InChI=1S/C25H42N2O4S/c1-3-5-6-7-8-9-10-11-16-25(29,24(28)26-17-4-2)22-12-14-23(15-13-22)27-18-20-32(30,31)21-19-27/h12-15,29H,3-11,16-21H2,1-2H3,(H,26,28). The van der Waals surface area contributed by atoms with Crippen LogP contribution in [-0.2, 0) is 20.2 Å². The molecule has 1 heterocycles. The quantitative estimate of drug-likeness (QED) is 0.402. The molecule has 7 heteroatoms. The topological polar surface area (TPSA) is 86.7 Å². The van der Waals surface area contributed by atoms with Crippen LogP contribution in [0.4, 0.5) is 5.69 Å². The van der Waals surface area contributed by atoms with Gasteiger partial charge >= 0.3 is 0 Å². The van der Waals surface area contributed by atoms with Crippen LogP contribution in [0, 0.1) is 0 Å². The number of carbonyl (C=O) groups is 1. The van der Waals surface area contributed by atoms with E-state index in [1.807, 2.05) is 36.1 Å². The van der Waals surface area contributed by atoms with E-state index >= 15 is 0 Å². The van der Waals surface area contributed by atoms with Crippen LogP contribution < -0.4 is 10.2 Å². The van der Waals surface area contributed by atoms with Crippen molar-refractivity contribution in [3.63, 3.8) is 0 Å². The molecular formula is C25H42N2O4S. The third-order valence-corrected chi connectivity index (χ3v) is 7.97. The van der Waals surface area contributed by atoms with Gasteiger partial charge in [-0.1, -0.05) is 70.9 Å². The minimum absolute atomic E-state index is 0.163. The molecule has 1 aromatic carbocycles. The summed E-state index contributed by atoms with van der Waals surface area (Å²) < 4.78 is 23.4. The van der Waals surface area contributed by atoms with Gasteiger partial charge in [0.1, 0.15) is 0 Å². The van der Waals surface area contributed by atoms with Crippen LogP contribution in [0.1, 0.15) is 83.6 Å². The molecule has 0 aromatic heterocycles. The zero-order valence-corrected chi connectivity index (χ0v) is 20.8. The summed E-state index contributed by atoms with van der Waals surface area (Å²) >= 11 is 0. The van der Waals surface area contributed by atoms with Crippen LogP contribution in [0.25, 0.3) is 0 Å². The molecule has 1 saturated heterocycles. The Labute approximate surface area is 194 Å². The van der Waals surface area contributed by atoms with Gasteiger partial charge in [-0.15, -0.1) is 0 Å². The first-order valence-corrected chi connectivity index (χ1v) is 14.2. The minimum Gasteiger partial charge on any atom is -0.375 e. The van der Waals surface area contributed by atoms with E-state index in [-0.39, 0.29) is 17.4 Å². The number of amides is 1. The van der Waals surface area contributed by atoms with Gasteiger partial charge in [-0.25, -0.2) is 8.42 Å². The summed E-state index contributed by atoms with van der Waals surface area (Å²) in [7, 11) is -2.93. The number of hydrogen-bond donors (Lipinski definition) is 2. The Kier molecular flexibility index (Phi) is 11.0. The van der Waals surface area contributed by atoms with Crippen molar-refractivity contribution in [2.24, 2.45) is 0 Å². The Balaban J connectivity index is 1.99. The predicted molar refractivity (Wildman–Crippen MR) is 132 cm³/mol. The molecule has 1 amide bonds. The lowest BCUT2D eigenvalue weighted by Crippen LogP contribution is -2.45. The second-order valence-electron chi connectivity index (χ2n) is 9.03. The van der Waals surface area contributed by atoms with Crippen molar-refractivity contribution >= 4 is 21.4 Å². The van der Waals surface area contributed by atoms with E-state index in [0.717, 1.165) is 31.4 Å². The van der Waals surface area contributed by atoms with Gasteiger partial charge in [0, 0.05) is 25.3 Å². The Morgan fingerprint density at radius 1 is 0.938 bits per heavy atom. The first-order chi connectivity index (χ1) is 15.3. The van der Waals surface area contributed by atoms with E-state index < -0.39 is 15.4 Å². The van der Waals surface area contributed by atoms with Gasteiger partial charge < -0.3 is 15.3 Å². The molecule has 1 aliphatic heterocycles. The number of nitrogens with zero attached hydrogens (tertiary/aromatic N) is 1. The number of carbonyl (C=O) groups excluding carboxylic acids is 1. The number of anilines is 1. The van der Waals surface area contributed by atoms with Gasteiger partial charge in [-0.2, -0.15) is 0 Å². The normalized spacial score (nSPS) is 17.7. The van der Waals surface area contributed by atoms with Crippen LogP contribution in [0.15, 0.2) is 24.3 Å². The van der Waals surface area contributed by atoms with Crippen molar-refractivity contribution in [2.75, 3.05) is 36.0 Å². The maximum atomic E-state index is 12.9. The number of benzene rings is 1. The molecule has 1 atom stereocenters. The molecule has 182 valence electrons. The second kappa shape index (κ2) is 13.2. The SMILES string of the molecule is CCCCCCCCCCC(O)(C(=O)NCCC)c1ccc(N2CCS(=O)(=O)CC2)cc1. The fourth-order valence-corrected chi connectivity index (χ4v) is 5.41. The zero-order chi connectivity index (χ0) is 23.5. The van der Waals surface area contributed by atoms with Gasteiger partial charge in [0.05, 0.1) is 11.5 Å². The Morgan fingerprint density at radius 2 is 1.50 bits per heavy atom. The van der Waals surface area contributed by atoms with Crippen molar-refractivity contribution in [3.8, 4) is 0 Å². The molecule has 0 spiro atoms. The molecule has 1 aromatic rings. The lowest BCUT2D eigenvalue weighted by atomic mass is 9.86. The fourth-order valence-electron chi connectivity index (χ4n) is 4.21. The van der Waals surface area contributed by atoms with Gasteiger partial charge in [-0.05, 0) is 37.0 Å². The number of unbranched alkanes of at least 4 members (excludes halogenated alkanes) is 7. The fraction of sp³-hybridized carbons (Fsp3) is 0.720. The molecule has 1 fully saturated rings. The van der Waals surface area contributed by atoms with E-state index in [4.69, 9.17) is 0 Å². The summed E-state index contributed by atoms with van der Waals surface area (Å²) in [4.78, 5) is 14.9. The molecule has 2 rings (SSSR count). The monoisotopic (exact) mass is 466 g/mol. The van der Waals surface area contributed by atoms with Crippen LogP contribution >= 0.6 is 0 Å². The molecule has 0 radical (unpaired) electrons. The summed E-state index contributed by atoms with van der Waals surface area (Å²) in [6.45, 7) is 5.70. The maximum Gasteiger partial charge on any atom is 0.256 e. The average Bonchev–Trinajstić information content (AvgIpc) is 2.79. The van der Waals surface area contributed by atoms with Crippen molar-refractivity contribution in [1.82, 2.24) is 5.32 Å². The number of aliphatic hydroxyl groups is 1. The van der Waals surface area contributed by atoms with Crippen LogP contribution in [0.3, 0.4) is 0 Å². The molecule has 0 saturated carbocycles. The Hall–Kier alpha value is -1.60. The second-order valence-corrected chi connectivity index (χ2v) is 11.3. The van der Waals surface area contributed by atoms with E-state index in [2.05, 4.69) is 12.2 Å². The number of hydrogen-bond acceptors (Lipinski definition) is 5. The average molecular weight is 467 g/mol. The van der Waals surface area contributed by atoms with E-state index in [9.17, 15) is 18.3 Å². The van der Waals surface area contributed by atoms with E-state index in [1.54, 1.807) is 0 Å². The lowest BCUT2D eigenvalue weighted by molar-refractivity contribution is -0.141.